The van der Waals surface area contributed by atoms with Gasteiger partial charge < -0.3 is 19.7 Å². The predicted molar refractivity (Wildman–Crippen MR) is 97.6 cm³/mol. The summed E-state index contributed by atoms with van der Waals surface area (Å²) in [6.45, 7) is 7.93. The third kappa shape index (κ3) is 4.73. The zero-order chi connectivity index (χ0) is 17.6. The molecule has 2 heterocycles. The molecule has 2 aliphatic rings. The Morgan fingerprint density at radius 1 is 1.32 bits per heavy atom. The summed E-state index contributed by atoms with van der Waals surface area (Å²) in [7, 11) is 0. The van der Waals surface area contributed by atoms with E-state index in [1.54, 1.807) is 0 Å². The molecule has 2 amide bonds. The van der Waals surface area contributed by atoms with Crippen molar-refractivity contribution >= 4 is 6.03 Å². The van der Waals surface area contributed by atoms with Gasteiger partial charge in [0.1, 0.15) is 6.10 Å². The van der Waals surface area contributed by atoms with Crippen LogP contribution in [0.4, 0.5) is 4.79 Å². The highest BCUT2D eigenvalue weighted by molar-refractivity contribution is 5.75. The fraction of sp³-hybridized carbons (Fsp3) is 0.650. The first kappa shape index (κ1) is 18.2. The first-order chi connectivity index (χ1) is 12.2. The molecule has 3 atom stereocenters. The molecule has 1 aromatic carbocycles. The van der Waals surface area contributed by atoms with Crippen molar-refractivity contribution in [2.45, 2.75) is 45.3 Å². The molecule has 2 fully saturated rings. The molecule has 0 spiro atoms. The lowest BCUT2D eigenvalue weighted by atomic mass is 9.95. The van der Waals surface area contributed by atoms with E-state index in [0.717, 1.165) is 57.7 Å². The van der Waals surface area contributed by atoms with Crippen molar-refractivity contribution in [3.05, 3.63) is 35.4 Å². The van der Waals surface area contributed by atoms with Crippen LogP contribution in [0.5, 0.6) is 0 Å². The maximum atomic E-state index is 12.7. The SMILES string of the molecule is CCOCC1CCN(C(=O)NC2CCCOC2c2ccc(C)cc2)C1. The molecule has 138 valence electrons. The average molecular weight is 346 g/mol. The monoisotopic (exact) mass is 346 g/mol. The van der Waals surface area contributed by atoms with Crippen molar-refractivity contribution in [3.8, 4) is 0 Å². The molecule has 25 heavy (non-hydrogen) atoms. The number of hydrogen-bond donors (Lipinski definition) is 1. The molecule has 1 N–H and O–H groups in total. The number of nitrogens with one attached hydrogen (secondary N) is 1. The van der Waals surface area contributed by atoms with Crippen LogP contribution in [-0.2, 0) is 9.47 Å². The van der Waals surface area contributed by atoms with E-state index in [2.05, 4.69) is 36.5 Å². The molecule has 2 saturated heterocycles. The first-order valence-corrected chi connectivity index (χ1v) is 9.48. The Bertz CT molecular complexity index is 561. The van der Waals surface area contributed by atoms with Gasteiger partial charge in [-0.05, 0) is 38.7 Å². The van der Waals surface area contributed by atoms with E-state index in [1.165, 1.54) is 5.56 Å². The summed E-state index contributed by atoms with van der Waals surface area (Å²) >= 11 is 0. The molecular weight excluding hydrogens is 316 g/mol. The predicted octanol–water partition coefficient (Wildman–Crippen LogP) is 3.28. The summed E-state index contributed by atoms with van der Waals surface area (Å²) in [6, 6.07) is 8.49. The molecular formula is C20H30N2O3. The van der Waals surface area contributed by atoms with Crippen molar-refractivity contribution < 1.29 is 14.3 Å². The van der Waals surface area contributed by atoms with Crippen molar-refractivity contribution in [1.29, 1.82) is 0 Å². The standard InChI is InChI=1S/C20H30N2O3/c1-3-24-14-16-10-11-22(13-16)20(23)21-18-5-4-12-25-19(18)17-8-6-15(2)7-9-17/h6-9,16,18-19H,3-5,10-14H2,1-2H3,(H,21,23). The van der Waals surface area contributed by atoms with Crippen molar-refractivity contribution in [2.75, 3.05) is 32.9 Å². The third-order valence-corrected chi connectivity index (χ3v) is 5.17. The van der Waals surface area contributed by atoms with Gasteiger partial charge in [-0.15, -0.1) is 0 Å². The number of aryl methyl sites for hydroxylation is 1. The number of urea groups is 1. The second-order valence-electron chi connectivity index (χ2n) is 7.16. The van der Waals surface area contributed by atoms with Crippen LogP contribution in [0.2, 0.25) is 0 Å². The van der Waals surface area contributed by atoms with Crippen LogP contribution in [0.1, 0.15) is 43.4 Å². The first-order valence-electron chi connectivity index (χ1n) is 9.48. The van der Waals surface area contributed by atoms with Crippen LogP contribution >= 0.6 is 0 Å². The molecule has 1 aromatic rings. The summed E-state index contributed by atoms with van der Waals surface area (Å²) in [5, 5.41) is 3.22. The van der Waals surface area contributed by atoms with Gasteiger partial charge in [0.25, 0.3) is 0 Å². The number of nitrogens with zero attached hydrogens (tertiary/aromatic N) is 1. The number of carbonyl (C=O) groups is 1. The number of amides is 2. The lowest BCUT2D eigenvalue weighted by Crippen LogP contribution is -2.48. The Hall–Kier alpha value is -1.59. The van der Waals surface area contributed by atoms with Crippen molar-refractivity contribution in [3.63, 3.8) is 0 Å². The highest BCUT2D eigenvalue weighted by Crippen LogP contribution is 2.29. The van der Waals surface area contributed by atoms with Gasteiger partial charge in [-0.2, -0.15) is 0 Å². The maximum absolute atomic E-state index is 12.7. The molecule has 5 heteroatoms. The molecule has 0 bridgehead atoms. The van der Waals surface area contributed by atoms with Crippen LogP contribution in [0.3, 0.4) is 0 Å². The van der Waals surface area contributed by atoms with Gasteiger partial charge >= 0.3 is 6.03 Å². The number of rotatable bonds is 5. The average Bonchev–Trinajstić information content (AvgIpc) is 3.10. The number of carbonyl (C=O) groups excluding carboxylic acids is 1. The van der Waals surface area contributed by atoms with Crippen LogP contribution in [0.25, 0.3) is 0 Å². The van der Waals surface area contributed by atoms with Gasteiger partial charge in [-0.25, -0.2) is 4.79 Å². The Morgan fingerprint density at radius 3 is 2.88 bits per heavy atom. The van der Waals surface area contributed by atoms with E-state index in [0.29, 0.717) is 5.92 Å². The second kappa shape index (κ2) is 8.68. The Labute approximate surface area is 150 Å². The van der Waals surface area contributed by atoms with Crippen LogP contribution in [-0.4, -0.2) is 49.9 Å². The lowest BCUT2D eigenvalue weighted by molar-refractivity contribution is -0.00853. The largest absolute Gasteiger partial charge is 0.381 e. The summed E-state index contributed by atoms with van der Waals surface area (Å²) in [5.41, 5.74) is 2.38. The van der Waals surface area contributed by atoms with Crippen LogP contribution in [0.15, 0.2) is 24.3 Å². The Morgan fingerprint density at radius 2 is 2.12 bits per heavy atom. The maximum Gasteiger partial charge on any atom is 0.317 e. The summed E-state index contributed by atoms with van der Waals surface area (Å²) in [5.74, 6) is 0.459. The minimum Gasteiger partial charge on any atom is -0.381 e. The molecule has 0 saturated carbocycles. The topological polar surface area (TPSA) is 50.8 Å². The van der Waals surface area contributed by atoms with E-state index in [4.69, 9.17) is 9.47 Å². The number of likely N-dealkylation sites (tertiary alicyclic amines) is 1. The molecule has 0 aromatic heterocycles. The van der Waals surface area contributed by atoms with E-state index >= 15 is 0 Å². The number of ether oxygens (including phenoxy) is 2. The molecule has 0 aliphatic carbocycles. The molecule has 2 aliphatic heterocycles. The number of benzene rings is 1. The van der Waals surface area contributed by atoms with Gasteiger partial charge in [0.2, 0.25) is 0 Å². The zero-order valence-corrected chi connectivity index (χ0v) is 15.4. The summed E-state index contributed by atoms with van der Waals surface area (Å²) in [6.07, 6.45) is 2.91. The smallest absolute Gasteiger partial charge is 0.317 e. The van der Waals surface area contributed by atoms with E-state index in [1.807, 2.05) is 11.8 Å². The lowest BCUT2D eigenvalue weighted by Gasteiger charge is -2.34. The molecule has 5 nitrogen and oxygen atoms in total. The molecule has 3 rings (SSSR count). The quantitative estimate of drug-likeness (QED) is 0.890. The number of hydrogen-bond acceptors (Lipinski definition) is 3. The normalized spacial score (nSPS) is 26.6. The Kier molecular flexibility index (Phi) is 6.32. The van der Waals surface area contributed by atoms with Gasteiger partial charge in [0, 0.05) is 32.2 Å². The highest BCUT2D eigenvalue weighted by Gasteiger charge is 2.32. The van der Waals surface area contributed by atoms with E-state index < -0.39 is 0 Å². The van der Waals surface area contributed by atoms with Crippen LogP contribution < -0.4 is 5.32 Å². The van der Waals surface area contributed by atoms with Gasteiger partial charge in [-0.1, -0.05) is 29.8 Å². The minimum atomic E-state index is -0.0554. The van der Waals surface area contributed by atoms with Crippen LogP contribution in [0, 0.1) is 12.8 Å². The second-order valence-corrected chi connectivity index (χ2v) is 7.16. The Balaban J connectivity index is 1.58. The zero-order valence-electron chi connectivity index (χ0n) is 15.4. The summed E-state index contributed by atoms with van der Waals surface area (Å²) < 4.78 is 11.5. The highest BCUT2D eigenvalue weighted by atomic mass is 16.5. The van der Waals surface area contributed by atoms with Gasteiger partial charge in [0.05, 0.1) is 12.6 Å². The van der Waals surface area contributed by atoms with Gasteiger partial charge in [-0.3, -0.25) is 0 Å². The summed E-state index contributed by atoms with van der Waals surface area (Å²) in [4.78, 5) is 14.6. The molecule has 0 radical (unpaired) electrons. The fourth-order valence-corrected chi connectivity index (χ4v) is 3.70. The fourth-order valence-electron chi connectivity index (χ4n) is 3.70. The van der Waals surface area contributed by atoms with Crippen molar-refractivity contribution in [1.82, 2.24) is 10.2 Å². The van der Waals surface area contributed by atoms with E-state index in [9.17, 15) is 4.79 Å². The van der Waals surface area contributed by atoms with Crippen molar-refractivity contribution in [2.24, 2.45) is 5.92 Å². The minimum absolute atomic E-state index is 0.0339. The molecule has 3 unspecified atom stereocenters. The third-order valence-electron chi connectivity index (χ3n) is 5.17. The van der Waals surface area contributed by atoms with E-state index in [-0.39, 0.29) is 18.2 Å². The van der Waals surface area contributed by atoms with Gasteiger partial charge in [0.15, 0.2) is 0 Å².